The van der Waals surface area contributed by atoms with Crippen molar-refractivity contribution in [1.82, 2.24) is 14.9 Å². The Labute approximate surface area is 140 Å². The molecule has 3 rings (SSSR count). The van der Waals surface area contributed by atoms with Gasteiger partial charge in [-0.3, -0.25) is 0 Å². The number of carboxylic acid groups (broad SMARTS) is 1. The van der Waals surface area contributed by atoms with Crippen LogP contribution in [0.3, 0.4) is 0 Å². The van der Waals surface area contributed by atoms with Crippen molar-refractivity contribution in [2.45, 2.75) is 37.8 Å². The van der Waals surface area contributed by atoms with Gasteiger partial charge >= 0.3 is 6.09 Å². The summed E-state index contributed by atoms with van der Waals surface area (Å²) >= 11 is 0. The van der Waals surface area contributed by atoms with Crippen LogP contribution < -0.4 is 5.32 Å². The Morgan fingerprint density at radius 3 is 2.76 bits per heavy atom. The standard InChI is InChI=1S/C16H15F4N3O2/c17-10-3-1-2-9(13(10)18)8-4-5-11(22-16(24)25)15-21-6-12(14(19)20)23(15)7-8/h1-3,6,8,11,14,22H,4-5,7H2,(H,24,25)/t8-,11-/m1/s1. The highest BCUT2D eigenvalue weighted by atomic mass is 19.3. The van der Waals surface area contributed by atoms with E-state index < -0.39 is 36.1 Å². The number of hydrogen-bond acceptors (Lipinski definition) is 2. The number of amides is 1. The maximum absolute atomic E-state index is 14.1. The van der Waals surface area contributed by atoms with Crippen molar-refractivity contribution >= 4 is 6.09 Å². The van der Waals surface area contributed by atoms with E-state index in [1.54, 1.807) is 0 Å². The largest absolute Gasteiger partial charge is 0.465 e. The Hall–Kier alpha value is -2.58. The summed E-state index contributed by atoms with van der Waals surface area (Å²) in [7, 11) is 0. The van der Waals surface area contributed by atoms with Gasteiger partial charge in [0.1, 0.15) is 11.5 Å². The van der Waals surface area contributed by atoms with E-state index in [0.29, 0.717) is 0 Å². The molecule has 1 aromatic carbocycles. The lowest BCUT2D eigenvalue weighted by atomic mass is 9.93. The first-order valence-electron chi connectivity index (χ1n) is 7.65. The summed E-state index contributed by atoms with van der Waals surface area (Å²) in [6, 6.07) is 2.95. The van der Waals surface area contributed by atoms with Crippen molar-refractivity contribution in [1.29, 1.82) is 0 Å². The zero-order chi connectivity index (χ0) is 18.1. The molecule has 2 N–H and O–H groups in total. The highest BCUT2D eigenvalue weighted by Gasteiger charge is 2.31. The van der Waals surface area contributed by atoms with Gasteiger partial charge in [-0.25, -0.2) is 27.3 Å². The van der Waals surface area contributed by atoms with Gasteiger partial charge in [-0.2, -0.15) is 0 Å². The van der Waals surface area contributed by atoms with E-state index in [4.69, 9.17) is 5.11 Å². The van der Waals surface area contributed by atoms with Crippen LogP contribution in [0.15, 0.2) is 24.4 Å². The van der Waals surface area contributed by atoms with Crippen molar-refractivity contribution in [2.75, 3.05) is 0 Å². The zero-order valence-corrected chi connectivity index (χ0v) is 12.9. The minimum Gasteiger partial charge on any atom is -0.465 e. The second-order valence-electron chi connectivity index (χ2n) is 5.87. The number of benzene rings is 1. The number of nitrogens with zero attached hydrogens (tertiary/aromatic N) is 2. The Balaban J connectivity index is 2.03. The van der Waals surface area contributed by atoms with Gasteiger partial charge in [0.2, 0.25) is 0 Å². The number of alkyl halides is 2. The van der Waals surface area contributed by atoms with Crippen molar-refractivity contribution in [3.05, 3.63) is 53.1 Å². The molecule has 1 amide bonds. The first kappa shape index (κ1) is 17.2. The first-order valence-corrected chi connectivity index (χ1v) is 7.65. The lowest BCUT2D eigenvalue weighted by Crippen LogP contribution is -2.28. The summed E-state index contributed by atoms with van der Waals surface area (Å²) in [4.78, 5) is 14.9. The van der Waals surface area contributed by atoms with Crippen LogP contribution in [0.4, 0.5) is 22.4 Å². The number of fused-ring (bicyclic) bond motifs is 1. The minimum absolute atomic E-state index is 0.0345. The number of halogens is 4. The fraction of sp³-hybridized carbons (Fsp3) is 0.375. The normalized spacial score (nSPS) is 20.2. The van der Waals surface area contributed by atoms with Crippen LogP contribution in [0.25, 0.3) is 0 Å². The van der Waals surface area contributed by atoms with Gasteiger partial charge in [0.25, 0.3) is 6.43 Å². The van der Waals surface area contributed by atoms with Crippen molar-refractivity contribution in [3.63, 3.8) is 0 Å². The lowest BCUT2D eigenvalue weighted by molar-refractivity contribution is 0.140. The molecule has 0 fully saturated rings. The maximum atomic E-state index is 14.1. The SMILES string of the molecule is O=C(O)N[C@@H]1CC[C@@H](c2cccc(F)c2F)Cn2c(C(F)F)cnc21. The van der Waals surface area contributed by atoms with Gasteiger partial charge in [-0.05, 0) is 24.5 Å². The number of rotatable bonds is 3. The molecule has 1 aliphatic rings. The molecule has 0 saturated carbocycles. The van der Waals surface area contributed by atoms with Gasteiger partial charge in [-0.1, -0.05) is 12.1 Å². The smallest absolute Gasteiger partial charge is 0.405 e. The molecule has 0 bridgehead atoms. The third-order valence-electron chi connectivity index (χ3n) is 4.38. The molecular formula is C16H15F4N3O2. The summed E-state index contributed by atoms with van der Waals surface area (Å²) in [5.74, 6) is -2.46. The molecule has 5 nitrogen and oxygen atoms in total. The van der Waals surface area contributed by atoms with E-state index in [2.05, 4.69) is 10.3 Å². The molecule has 0 unspecified atom stereocenters. The maximum Gasteiger partial charge on any atom is 0.405 e. The third-order valence-corrected chi connectivity index (χ3v) is 4.38. The van der Waals surface area contributed by atoms with Crippen LogP contribution in [-0.2, 0) is 6.54 Å². The van der Waals surface area contributed by atoms with E-state index in [1.807, 2.05) is 0 Å². The van der Waals surface area contributed by atoms with Crippen LogP contribution in [0, 0.1) is 11.6 Å². The molecule has 9 heteroatoms. The molecule has 25 heavy (non-hydrogen) atoms. The summed E-state index contributed by atoms with van der Waals surface area (Å²) < 4.78 is 55.4. The molecular weight excluding hydrogens is 342 g/mol. The second-order valence-corrected chi connectivity index (χ2v) is 5.87. The fourth-order valence-electron chi connectivity index (χ4n) is 3.24. The van der Waals surface area contributed by atoms with E-state index in [-0.39, 0.29) is 36.5 Å². The molecule has 134 valence electrons. The number of hydrogen-bond donors (Lipinski definition) is 2. The average molecular weight is 357 g/mol. The summed E-state index contributed by atoms with van der Waals surface area (Å²) in [5.41, 5.74) is -0.299. The molecule has 0 aliphatic carbocycles. The third kappa shape index (κ3) is 3.31. The van der Waals surface area contributed by atoms with Crippen molar-refractivity contribution < 1.29 is 27.5 Å². The number of nitrogens with one attached hydrogen (secondary N) is 1. The second kappa shape index (κ2) is 6.73. The number of aromatic nitrogens is 2. The summed E-state index contributed by atoms with van der Waals surface area (Å²) in [6.07, 6.45) is -2.62. The topological polar surface area (TPSA) is 67.2 Å². The van der Waals surface area contributed by atoms with Crippen molar-refractivity contribution in [2.24, 2.45) is 0 Å². The molecule has 1 aromatic heterocycles. The average Bonchev–Trinajstić information content (AvgIpc) is 2.88. The zero-order valence-electron chi connectivity index (χ0n) is 12.9. The van der Waals surface area contributed by atoms with E-state index in [0.717, 1.165) is 12.3 Å². The summed E-state index contributed by atoms with van der Waals surface area (Å²) in [5, 5.41) is 11.2. The number of imidazole rings is 1. The van der Waals surface area contributed by atoms with E-state index >= 15 is 0 Å². The first-order chi connectivity index (χ1) is 11.9. The van der Waals surface area contributed by atoms with E-state index in [1.165, 1.54) is 16.7 Å². The molecule has 1 aliphatic heterocycles. The van der Waals surface area contributed by atoms with Crippen LogP contribution in [0.2, 0.25) is 0 Å². The van der Waals surface area contributed by atoms with Crippen LogP contribution in [-0.4, -0.2) is 20.8 Å². The minimum atomic E-state index is -2.82. The quantitative estimate of drug-likeness (QED) is 0.817. The Kier molecular flexibility index (Phi) is 4.65. The predicted octanol–water partition coefficient (Wildman–Crippen LogP) is 3.99. The Morgan fingerprint density at radius 2 is 2.08 bits per heavy atom. The van der Waals surface area contributed by atoms with E-state index in [9.17, 15) is 22.4 Å². The van der Waals surface area contributed by atoms with Crippen LogP contribution in [0.1, 0.15) is 48.3 Å². The van der Waals surface area contributed by atoms with Gasteiger partial charge in [0.05, 0.1) is 12.2 Å². The predicted molar refractivity (Wildman–Crippen MR) is 79.4 cm³/mol. The van der Waals surface area contributed by atoms with Gasteiger partial charge in [0.15, 0.2) is 11.6 Å². The monoisotopic (exact) mass is 357 g/mol. The molecule has 2 atom stereocenters. The van der Waals surface area contributed by atoms with Crippen molar-refractivity contribution in [3.8, 4) is 0 Å². The molecule has 2 heterocycles. The van der Waals surface area contributed by atoms with Gasteiger partial charge < -0.3 is 15.0 Å². The lowest BCUT2D eigenvalue weighted by Gasteiger charge is -2.18. The number of carbonyl (C=O) groups is 1. The van der Waals surface area contributed by atoms with Crippen LogP contribution in [0.5, 0.6) is 0 Å². The Bertz CT molecular complexity index is 794. The molecule has 0 saturated heterocycles. The molecule has 0 radical (unpaired) electrons. The molecule has 0 spiro atoms. The fourth-order valence-corrected chi connectivity index (χ4v) is 3.24. The van der Waals surface area contributed by atoms with Gasteiger partial charge in [0, 0.05) is 12.5 Å². The highest BCUT2D eigenvalue weighted by Crippen LogP contribution is 2.36. The summed E-state index contributed by atoms with van der Waals surface area (Å²) in [6.45, 7) is -0.0345. The van der Waals surface area contributed by atoms with Crippen LogP contribution >= 0.6 is 0 Å². The van der Waals surface area contributed by atoms with Gasteiger partial charge in [-0.15, -0.1) is 0 Å². The molecule has 2 aromatic rings. The highest BCUT2D eigenvalue weighted by molar-refractivity contribution is 5.65. The Morgan fingerprint density at radius 1 is 1.32 bits per heavy atom.